The van der Waals surface area contributed by atoms with Crippen molar-refractivity contribution in [3.05, 3.63) is 65.3 Å². The molecule has 2 aromatic carbocycles. The van der Waals surface area contributed by atoms with Gasteiger partial charge in [-0.25, -0.2) is 17.2 Å². The number of para-hydroxylation sites is 1. The van der Waals surface area contributed by atoms with Crippen LogP contribution in [0.1, 0.15) is 26.3 Å². The zero-order valence-corrected chi connectivity index (χ0v) is 18.0. The van der Waals surface area contributed by atoms with Gasteiger partial charge in [0, 0.05) is 23.2 Å². The molecule has 0 radical (unpaired) electrons. The van der Waals surface area contributed by atoms with Crippen molar-refractivity contribution in [2.45, 2.75) is 37.7 Å². The lowest BCUT2D eigenvalue weighted by molar-refractivity contribution is 0.0528. The van der Waals surface area contributed by atoms with Gasteiger partial charge in [-0.15, -0.1) is 0 Å². The van der Waals surface area contributed by atoms with Gasteiger partial charge in [-0.3, -0.25) is 0 Å². The maximum absolute atomic E-state index is 13.1. The van der Waals surface area contributed by atoms with Crippen molar-refractivity contribution in [1.29, 1.82) is 0 Å². The third-order valence-electron chi connectivity index (χ3n) is 4.19. The fraction of sp³-hybridized carbons (Fsp3) is 0.286. The van der Waals surface area contributed by atoms with E-state index < -0.39 is 21.7 Å². The zero-order chi connectivity index (χ0) is 21.2. The molecule has 0 atom stereocenters. The number of carbonyl (C=O) groups excluding carboxylic acids is 1. The first kappa shape index (κ1) is 21.2. The van der Waals surface area contributed by atoms with E-state index in [1.165, 1.54) is 16.1 Å². The van der Waals surface area contributed by atoms with Gasteiger partial charge in [-0.1, -0.05) is 29.8 Å². The van der Waals surface area contributed by atoms with E-state index in [-0.39, 0.29) is 4.90 Å². The summed E-state index contributed by atoms with van der Waals surface area (Å²) in [6.07, 6.45) is 1.56. The number of carbonyl (C=O) groups is 1. The van der Waals surface area contributed by atoms with E-state index in [2.05, 4.69) is 5.32 Å². The average molecular weight is 435 g/mol. The highest BCUT2D eigenvalue weighted by Gasteiger charge is 2.21. The maximum atomic E-state index is 13.1. The number of hydrogen-bond donors (Lipinski definition) is 1. The Hall–Kier alpha value is -2.51. The Kier molecular flexibility index (Phi) is 5.91. The number of benzene rings is 2. The van der Waals surface area contributed by atoms with E-state index in [1.54, 1.807) is 51.2 Å². The third kappa shape index (κ3) is 4.92. The normalized spacial score (nSPS) is 12.1. The minimum atomic E-state index is -3.78. The minimum absolute atomic E-state index is 0.154. The number of amides is 1. The summed E-state index contributed by atoms with van der Waals surface area (Å²) in [7, 11) is -3.78. The molecule has 0 aliphatic heterocycles. The molecule has 0 bridgehead atoms. The van der Waals surface area contributed by atoms with Crippen molar-refractivity contribution in [2.75, 3.05) is 6.54 Å². The van der Waals surface area contributed by atoms with Crippen molar-refractivity contribution < 1.29 is 17.9 Å². The van der Waals surface area contributed by atoms with Gasteiger partial charge < -0.3 is 10.1 Å². The summed E-state index contributed by atoms with van der Waals surface area (Å²) >= 11 is 5.88. The van der Waals surface area contributed by atoms with E-state index in [4.69, 9.17) is 16.3 Å². The highest BCUT2D eigenvalue weighted by Crippen LogP contribution is 2.27. The SMILES string of the molecule is CC(C)(C)OC(=O)NCCc1cn(S(=O)(=O)c2ccc(Cl)cc2)c2ccccc12. The largest absolute Gasteiger partial charge is 0.444 e. The molecular weight excluding hydrogens is 412 g/mol. The standard InChI is InChI=1S/C21H23ClN2O4S/c1-21(2,3)28-20(25)23-13-12-15-14-24(19-7-5-4-6-18(15)19)29(26,27)17-10-8-16(22)9-11-17/h4-11,14H,12-13H2,1-3H3,(H,23,25). The third-order valence-corrected chi connectivity index (χ3v) is 6.13. The fourth-order valence-electron chi connectivity index (χ4n) is 2.95. The van der Waals surface area contributed by atoms with E-state index in [0.29, 0.717) is 23.5 Å². The molecule has 1 amide bonds. The molecule has 29 heavy (non-hydrogen) atoms. The second kappa shape index (κ2) is 8.08. The summed E-state index contributed by atoms with van der Waals surface area (Å²) in [6, 6.07) is 13.3. The van der Waals surface area contributed by atoms with Crippen LogP contribution in [0.4, 0.5) is 4.79 Å². The lowest BCUT2D eigenvalue weighted by Gasteiger charge is -2.19. The average Bonchev–Trinajstić information content (AvgIpc) is 3.00. The molecule has 0 aliphatic rings. The first-order valence-electron chi connectivity index (χ1n) is 9.15. The molecule has 3 aromatic rings. The Morgan fingerprint density at radius 3 is 2.41 bits per heavy atom. The molecule has 0 saturated carbocycles. The molecule has 1 aromatic heterocycles. The Morgan fingerprint density at radius 2 is 1.76 bits per heavy atom. The van der Waals surface area contributed by atoms with Gasteiger partial charge in [0.25, 0.3) is 10.0 Å². The Morgan fingerprint density at radius 1 is 1.10 bits per heavy atom. The molecule has 0 unspecified atom stereocenters. The molecule has 0 fully saturated rings. The van der Waals surface area contributed by atoms with Crippen molar-refractivity contribution in [3.63, 3.8) is 0 Å². The second-order valence-electron chi connectivity index (χ2n) is 7.60. The van der Waals surface area contributed by atoms with Crippen LogP contribution in [0.3, 0.4) is 0 Å². The summed E-state index contributed by atoms with van der Waals surface area (Å²) in [4.78, 5) is 12.0. The summed E-state index contributed by atoms with van der Waals surface area (Å²) in [5.74, 6) is 0. The molecule has 0 spiro atoms. The summed E-state index contributed by atoms with van der Waals surface area (Å²) < 4.78 is 32.8. The van der Waals surface area contributed by atoms with Gasteiger partial charge in [-0.2, -0.15) is 0 Å². The van der Waals surface area contributed by atoms with Crippen LogP contribution in [0.25, 0.3) is 10.9 Å². The smallest absolute Gasteiger partial charge is 0.407 e. The van der Waals surface area contributed by atoms with Gasteiger partial charge in [0.05, 0.1) is 10.4 Å². The molecule has 154 valence electrons. The monoisotopic (exact) mass is 434 g/mol. The van der Waals surface area contributed by atoms with Crippen molar-refractivity contribution in [1.82, 2.24) is 9.29 Å². The number of aromatic nitrogens is 1. The fourth-order valence-corrected chi connectivity index (χ4v) is 4.47. The highest BCUT2D eigenvalue weighted by molar-refractivity contribution is 7.90. The van der Waals surface area contributed by atoms with Crippen LogP contribution in [0.2, 0.25) is 5.02 Å². The topological polar surface area (TPSA) is 77.4 Å². The first-order chi connectivity index (χ1) is 13.6. The Labute approximate surface area is 175 Å². The molecule has 3 rings (SSSR count). The number of alkyl carbamates (subject to hydrolysis) is 1. The maximum Gasteiger partial charge on any atom is 0.407 e. The predicted octanol–water partition coefficient (Wildman–Crippen LogP) is 4.60. The van der Waals surface area contributed by atoms with Gasteiger partial charge in [0.15, 0.2) is 0 Å². The molecule has 8 heteroatoms. The van der Waals surface area contributed by atoms with E-state index in [9.17, 15) is 13.2 Å². The van der Waals surface area contributed by atoms with E-state index in [0.717, 1.165) is 10.9 Å². The van der Waals surface area contributed by atoms with E-state index in [1.807, 2.05) is 12.1 Å². The second-order valence-corrected chi connectivity index (χ2v) is 9.86. The van der Waals surface area contributed by atoms with Crippen molar-refractivity contribution >= 4 is 38.6 Å². The van der Waals surface area contributed by atoms with Crippen molar-refractivity contribution in [2.24, 2.45) is 0 Å². The molecule has 0 aliphatic carbocycles. The summed E-state index contributed by atoms with van der Waals surface area (Å²) in [5, 5.41) is 3.99. The molecular formula is C21H23ClN2O4S. The first-order valence-corrected chi connectivity index (χ1v) is 11.0. The Bertz CT molecular complexity index is 1130. The van der Waals surface area contributed by atoms with Gasteiger partial charge in [-0.05, 0) is 63.1 Å². The van der Waals surface area contributed by atoms with Crippen LogP contribution < -0.4 is 5.32 Å². The number of rotatable bonds is 5. The van der Waals surface area contributed by atoms with Gasteiger partial charge >= 0.3 is 6.09 Å². The van der Waals surface area contributed by atoms with Crippen LogP contribution in [-0.2, 0) is 21.2 Å². The van der Waals surface area contributed by atoms with Crippen LogP contribution >= 0.6 is 11.6 Å². The predicted molar refractivity (Wildman–Crippen MR) is 114 cm³/mol. The number of halogens is 1. The minimum Gasteiger partial charge on any atom is -0.444 e. The van der Waals surface area contributed by atoms with Crippen LogP contribution in [-0.4, -0.2) is 30.6 Å². The number of ether oxygens (including phenoxy) is 1. The summed E-state index contributed by atoms with van der Waals surface area (Å²) in [6.45, 7) is 5.70. The van der Waals surface area contributed by atoms with Crippen LogP contribution in [0, 0.1) is 0 Å². The number of fused-ring (bicyclic) bond motifs is 1. The van der Waals surface area contributed by atoms with Gasteiger partial charge in [0.1, 0.15) is 5.60 Å². The van der Waals surface area contributed by atoms with Crippen LogP contribution in [0.15, 0.2) is 59.6 Å². The highest BCUT2D eigenvalue weighted by atomic mass is 35.5. The van der Waals surface area contributed by atoms with Crippen molar-refractivity contribution in [3.8, 4) is 0 Å². The molecule has 1 heterocycles. The zero-order valence-electron chi connectivity index (χ0n) is 16.5. The van der Waals surface area contributed by atoms with E-state index >= 15 is 0 Å². The van der Waals surface area contributed by atoms with Crippen LogP contribution in [0.5, 0.6) is 0 Å². The lowest BCUT2D eigenvalue weighted by Crippen LogP contribution is -2.33. The summed E-state index contributed by atoms with van der Waals surface area (Å²) in [5.41, 5.74) is 0.816. The molecule has 1 N–H and O–H groups in total. The van der Waals surface area contributed by atoms with Gasteiger partial charge in [0.2, 0.25) is 0 Å². The quantitative estimate of drug-likeness (QED) is 0.636. The molecule has 0 saturated heterocycles. The number of nitrogens with one attached hydrogen (secondary N) is 1. The number of hydrogen-bond acceptors (Lipinski definition) is 4. The Balaban J connectivity index is 1.88. The number of nitrogens with zero attached hydrogens (tertiary/aromatic N) is 1. The lowest BCUT2D eigenvalue weighted by atomic mass is 10.1. The molecule has 6 nitrogen and oxygen atoms in total.